The van der Waals surface area contributed by atoms with Crippen LogP contribution in [0.15, 0.2) is 52.0 Å². The number of terminal acetylenes is 1. The summed E-state index contributed by atoms with van der Waals surface area (Å²) in [4.78, 5) is 14.5. The second-order valence-electron chi connectivity index (χ2n) is 6.79. The number of carbonyl (C=O) groups is 1. The summed E-state index contributed by atoms with van der Waals surface area (Å²) in [5.74, 6) is 2.75. The van der Waals surface area contributed by atoms with Gasteiger partial charge in [0.15, 0.2) is 0 Å². The van der Waals surface area contributed by atoms with E-state index in [1.807, 2.05) is 0 Å². The molecule has 3 rings (SSSR count). The van der Waals surface area contributed by atoms with Crippen molar-refractivity contribution in [2.45, 2.75) is 37.1 Å². The minimum atomic E-state index is -3.63. The van der Waals surface area contributed by atoms with Gasteiger partial charge in [0.2, 0.25) is 10.0 Å². The van der Waals surface area contributed by atoms with Gasteiger partial charge in [-0.2, -0.15) is 4.31 Å². The highest BCUT2D eigenvalue weighted by molar-refractivity contribution is 7.89. The van der Waals surface area contributed by atoms with Crippen LogP contribution >= 0.6 is 0 Å². The lowest BCUT2D eigenvalue weighted by Gasteiger charge is -2.22. The molecule has 1 saturated heterocycles. The van der Waals surface area contributed by atoms with Crippen LogP contribution in [0.4, 0.5) is 0 Å². The highest BCUT2D eigenvalue weighted by Crippen LogP contribution is 2.22. The van der Waals surface area contributed by atoms with Crippen molar-refractivity contribution < 1.29 is 17.6 Å². The van der Waals surface area contributed by atoms with Gasteiger partial charge in [-0.3, -0.25) is 4.79 Å². The van der Waals surface area contributed by atoms with Gasteiger partial charge in [0.1, 0.15) is 5.76 Å². The van der Waals surface area contributed by atoms with E-state index in [-0.39, 0.29) is 29.5 Å². The molecule has 28 heavy (non-hydrogen) atoms. The van der Waals surface area contributed by atoms with Crippen LogP contribution in [0.2, 0.25) is 0 Å². The summed E-state index contributed by atoms with van der Waals surface area (Å²) in [5.41, 5.74) is 0.290. The SMILES string of the molecule is C#CCN(Cc1ccco1)C(=O)c1cccc(S(=O)(=O)N2CCCCCC2)c1. The average Bonchev–Trinajstić information content (AvgIpc) is 3.05. The van der Waals surface area contributed by atoms with Gasteiger partial charge in [0.05, 0.1) is 24.2 Å². The van der Waals surface area contributed by atoms with Crippen LogP contribution in [0.25, 0.3) is 0 Å². The van der Waals surface area contributed by atoms with E-state index in [0.717, 1.165) is 25.7 Å². The molecule has 1 aromatic carbocycles. The van der Waals surface area contributed by atoms with Crippen molar-refractivity contribution in [2.75, 3.05) is 19.6 Å². The van der Waals surface area contributed by atoms with Gasteiger partial charge < -0.3 is 9.32 Å². The molecule has 0 aliphatic carbocycles. The molecule has 6 nitrogen and oxygen atoms in total. The summed E-state index contributed by atoms with van der Waals surface area (Å²) in [7, 11) is -3.63. The molecule has 1 aliphatic heterocycles. The molecule has 1 fully saturated rings. The summed E-state index contributed by atoms with van der Waals surface area (Å²) in [6.45, 7) is 1.35. The second kappa shape index (κ2) is 9.09. The van der Waals surface area contributed by atoms with Crippen LogP contribution in [0.1, 0.15) is 41.8 Å². The molecule has 1 aromatic heterocycles. The van der Waals surface area contributed by atoms with E-state index in [2.05, 4.69) is 5.92 Å². The third-order valence-corrected chi connectivity index (χ3v) is 6.67. The molecule has 0 N–H and O–H groups in total. The molecule has 0 radical (unpaired) electrons. The molecule has 2 heterocycles. The van der Waals surface area contributed by atoms with Gasteiger partial charge in [-0.25, -0.2) is 8.42 Å². The number of carbonyl (C=O) groups excluding carboxylic acids is 1. The number of sulfonamides is 1. The lowest BCUT2D eigenvalue weighted by atomic mass is 10.2. The zero-order valence-electron chi connectivity index (χ0n) is 15.7. The molecule has 7 heteroatoms. The Kier molecular flexibility index (Phi) is 6.55. The fourth-order valence-electron chi connectivity index (χ4n) is 3.30. The normalized spacial score (nSPS) is 15.5. The summed E-state index contributed by atoms with van der Waals surface area (Å²) in [6, 6.07) is 9.68. The Bertz CT molecular complexity index is 937. The van der Waals surface area contributed by atoms with Crippen molar-refractivity contribution >= 4 is 15.9 Å². The first-order valence-electron chi connectivity index (χ1n) is 9.37. The van der Waals surface area contributed by atoms with Crippen LogP contribution < -0.4 is 0 Å². The van der Waals surface area contributed by atoms with Gasteiger partial charge in [0.25, 0.3) is 5.91 Å². The van der Waals surface area contributed by atoms with Gasteiger partial charge in [-0.15, -0.1) is 6.42 Å². The third kappa shape index (κ3) is 4.64. The number of hydrogen-bond acceptors (Lipinski definition) is 4. The lowest BCUT2D eigenvalue weighted by Crippen LogP contribution is -2.33. The highest BCUT2D eigenvalue weighted by Gasteiger charge is 2.26. The Morgan fingerprint density at radius 2 is 1.89 bits per heavy atom. The predicted molar refractivity (Wildman–Crippen MR) is 106 cm³/mol. The summed E-state index contributed by atoms with van der Waals surface area (Å²) in [6.07, 6.45) is 10.7. The summed E-state index contributed by atoms with van der Waals surface area (Å²) >= 11 is 0. The Labute approximate surface area is 166 Å². The standard InChI is InChI=1S/C21H24N2O4S/c1-2-12-22(17-19-10-8-15-27-19)21(24)18-9-7-11-20(16-18)28(25,26)23-13-5-3-4-6-14-23/h1,7-11,15-16H,3-6,12-14,17H2. The monoisotopic (exact) mass is 400 g/mol. The van der Waals surface area contributed by atoms with Crippen LogP contribution in [0, 0.1) is 12.3 Å². The maximum absolute atomic E-state index is 13.0. The van der Waals surface area contributed by atoms with Crippen molar-refractivity contribution in [1.29, 1.82) is 0 Å². The van der Waals surface area contributed by atoms with Crippen LogP contribution in [-0.2, 0) is 16.6 Å². The average molecular weight is 401 g/mol. The number of furan rings is 1. The topological polar surface area (TPSA) is 70.8 Å². The minimum Gasteiger partial charge on any atom is -0.467 e. The fraction of sp³-hybridized carbons (Fsp3) is 0.381. The predicted octanol–water partition coefficient (Wildman–Crippen LogP) is 3.12. The number of rotatable bonds is 6. The first-order valence-corrected chi connectivity index (χ1v) is 10.8. The van der Waals surface area contributed by atoms with Crippen LogP contribution in [-0.4, -0.2) is 43.2 Å². The maximum atomic E-state index is 13.0. The van der Waals surface area contributed by atoms with E-state index in [4.69, 9.17) is 10.8 Å². The summed E-state index contributed by atoms with van der Waals surface area (Å²) < 4.78 is 32.9. The number of amides is 1. The fourth-order valence-corrected chi connectivity index (χ4v) is 4.87. The smallest absolute Gasteiger partial charge is 0.255 e. The molecule has 2 aromatic rings. The van der Waals surface area contributed by atoms with Gasteiger partial charge in [-0.1, -0.05) is 24.8 Å². The number of benzene rings is 1. The van der Waals surface area contributed by atoms with E-state index in [0.29, 0.717) is 18.8 Å². The number of nitrogens with zero attached hydrogens (tertiary/aromatic N) is 2. The van der Waals surface area contributed by atoms with E-state index in [1.54, 1.807) is 24.3 Å². The minimum absolute atomic E-state index is 0.0998. The molecular formula is C21H24N2O4S. The van der Waals surface area contributed by atoms with Crippen LogP contribution in [0.3, 0.4) is 0 Å². The molecule has 0 bridgehead atoms. The van der Waals surface area contributed by atoms with Gasteiger partial charge >= 0.3 is 0 Å². The van der Waals surface area contributed by atoms with Gasteiger partial charge in [0, 0.05) is 18.7 Å². The van der Waals surface area contributed by atoms with Crippen molar-refractivity contribution in [2.24, 2.45) is 0 Å². The Hall–Kier alpha value is -2.56. The summed E-state index contributed by atoms with van der Waals surface area (Å²) in [5, 5.41) is 0. The van der Waals surface area contributed by atoms with Gasteiger partial charge in [-0.05, 0) is 43.2 Å². The molecular weight excluding hydrogens is 376 g/mol. The van der Waals surface area contributed by atoms with Crippen LogP contribution in [0.5, 0.6) is 0 Å². The molecule has 0 atom stereocenters. The first-order chi connectivity index (χ1) is 13.5. The highest BCUT2D eigenvalue weighted by atomic mass is 32.2. The Morgan fingerprint density at radius 1 is 1.14 bits per heavy atom. The van der Waals surface area contributed by atoms with E-state index in [9.17, 15) is 13.2 Å². The van der Waals surface area contributed by atoms with Crippen molar-refractivity contribution in [1.82, 2.24) is 9.21 Å². The Balaban J connectivity index is 1.84. The Morgan fingerprint density at radius 3 is 2.54 bits per heavy atom. The maximum Gasteiger partial charge on any atom is 0.255 e. The molecule has 0 saturated carbocycles. The zero-order chi connectivity index (χ0) is 20.0. The first kappa shape index (κ1) is 20.2. The van der Waals surface area contributed by atoms with Crippen molar-refractivity contribution in [3.8, 4) is 12.3 Å². The third-order valence-electron chi connectivity index (χ3n) is 4.78. The van der Waals surface area contributed by atoms with E-state index in [1.165, 1.54) is 27.6 Å². The second-order valence-corrected chi connectivity index (χ2v) is 8.73. The quantitative estimate of drug-likeness (QED) is 0.699. The molecule has 0 unspecified atom stereocenters. The molecule has 0 spiro atoms. The number of hydrogen-bond donors (Lipinski definition) is 0. The van der Waals surface area contributed by atoms with Crippen molar-refractivity contribution in [3.05, 3.63) is 54.0 Å². The molecule has 1 aliphatic rings. The van der Waals surface area contributed by atoms with E-state index < -0.39 is 10.0 Å². The van der Waals surface area contributed by atoms with E-state index >= 15 is 0 Å². The largest absolute Gasteiger partial charge is 0.467 e. The molecule has 1 amide bonds. The lowest BCUT2D eigenvalue weighted by molar-refractivity contribution is 0.0755. The molecule has 148 valence electrons. The zero-order valence-corrected chi connectivity index (χ0v) is 16.5. The van der Waals surface area contributed by atoms with Crippen molar-refractivity contribution in [3.63, 3.8) is 0 Å².